The van der Waals surface area contributed by atoms with Crippen LogP contribution in [0.2, 0.25) is 0 Å². The minimum absolute atomic E-state index is 0.139. The van der Waals surface area contributed by atoms with Gasteiger partial charge in [-0.05, 0) is 34.5 Å². The van der Waals surface area contributed by atoms with Crippen LogP contribution in [0.3, 0.4) is 0 Å². The third-order valence-corrected chi connectivity index (χ3v) is 3.06. The van der Waals surface area contributed by atoms with Crippen molar-refractivity contribution in [2.45, 2.75) is 12.8 Å². The number of nitrogens with zero attached hydrogens (tertiary/aromatic N) is 2. The molecule has 0 aliphatic heterocycles. The molecule has 0 fully saturated rings. The summed E-state index contributed by atoms with van der Waals surface area (Å²) in [6.07, 6.45) is 0.698. The van der Waals surface area contributed by atoms with E-state index in [2.05, 4.69) is 22.0 Å². The maximum atomic E-state index is 10.4. The summed E-state index contributed by atoms with van der Waals surface area (Å²) in [6.45, 7) is 0.609. The van der Waals surface area contributed by atoms with E-state index in [1.807, 2.05) is 30.1 Å². The monoisotopic (exact) mass is 296 g/mol. The highest BCUT2D eigenvalue weighted by molar-refractivity contribution is 9.10. The van der Waals surface area contributed by atoms with Crippen LogP contribution in [-0.4, -0.2) is 24.7 Å². The molecule has 1 aromatic rings. The van der Waals surface area contributed by atoms with Crippen LogP contribution in [0.4, 0.5) is 5.69 Å². The van der Waals surface area contributed by atoms with Crippen LogP contribution in [0, 0.1) is 11.3 Å². The van der Waals surface area contributed by atoms with Gasteiger partial charge in [-0.3, -0.25) is 4.79 Å². The molecule has 0 amide bonds. The first-order chi connectivity index (χ1) is 8.06. The molecule has 0 heterocycles. The molecule has 4 nitrogen and oxygen atoms in total. The van der Waals surface area contributed by atoms with Crippen LogP contribution in [0.25, 0.3) is 0 Å². The molecule has 0 atom stereocenters. The SMILES string of the molecule is CN(CCCC(=O)O)c1cccc(Br)c1C#N. The Morgan fingerprint density at radius 1 is 1.59 bits per heavy atom. The number of anilines is 1. The molecule has 0 aliphatic rings. The lowest BCUT2D eigenvalue weighted by Crippen LogP contribution is -2.20. The fourth-order valence-corrected chi connectivity index (χ4v) is 1.97. The molecule has 1 aromatic carbocycles. The lowest BCUT2D eigenvalue weighted by atomic mass is 10.1. The molecule has 0 aromatic heterocycles. The molecule has 1 rings (SSSR count). The topological polar surface area (TPSA) is 64.3 Å². The van der Waals surface area contributed by atoms with Gasteiger partial charge in [-0.1, -0.05) is 6.07 Å². The van der Waals surface area contributed by atoms with Crippen LogP contribution in [0.15, 0.2) is 22.7 Å². The minimum atomic E-state index is -0.798. The molecule has 17 heavy (non-hydrogen) atoms. The number of carbonyl (C=O) groups is 1. The van der Waals surface area contributed by atoms with Gasteiger partial charge < -0.3 is 10.0 Å². The predicted octanol–water partition coefficient (Wildman–Crippen LogP) is 2.62. The number of benzene rings is 1. The lowest BCUT2D eigenvalue weighted by molar-refractivity contribution is -0.137. The first-order valence-electron chi connectivity index (χ1n) is 5.17. The van der Waals surface area contributed by atoms with E-state index in [1.54, 1.807) is 0 Å². The van der Waals surface area contributed by atoms with Gasteiger partial charge in [-0.2, -0.15) is 5.26 Å². The summed E-state index contributed by atoms with van der Waals surface area (Å²) in [5, 5.41) is 17.6. The van der Waals surface area contributed by atoms with Crippen molar-refractivity contribution in [1.82, 2.24) is 0 Å². The zero-order valence-electron chi connectivity index (χ0n) is 9.48. The van der Waals surface area contributed by atoms with E-state index < -0.39 is 5.97 Å². The van der Waals surface area contributed by atoms with Gasteiger partial charge in [0.2, 0.25) is 0 Å². The van der Waals surface area contributed by atoms with Crippen LogP contribution in [0.1, 0.15) is 18.4 Å². The summed E-state index contributed by atoms with van der Waals surface area (Å²) in [5.41, 5.74) is 1.39. The van der Waals surface area contributed by atoms with Crippen molar-refractivity contribution in [3.05, 3.63) is 28.2 Å². The molecule has 0 radical (unpaired) electrons. The van der Waals surface area contributed by atoms with E-state index in [4.69, 9.17) is 10.4 Å². The van der Waals surface area contributed by atoms with E-state index in [9.17, 15) is 4.79 Å². The van der Waals surface area contributed by atoms with Crippen molar-refractivity contribution in [3.63, 3.8) is 0 Å². The first-order valence-corrected chi connectivity index (χ1v) is 5.97. The van der Waals surface area contributed by atoms with Crippen molar-refractivity contribution in [1.29, 1.82) is 5.26 Å². The summed E-state index contributed by atoms with van der Waals surface area (Å²) in [6, 6.07) is 7.66. The second kappa shape index (κ2) is 6.26. The molecule has 0 unspecified atom stereocenters. The maximum Gasteiger partial charge on any atom is 0.303 e. The average molecular weight is 297 g/mol. The normalized spacial score (nSPS) is 9.71. The van der Waals surface area contributed by atoms with Crippen LogP contribution in [0.5, 0.6) is 0 Å². The molecular weight excluding hydrogens is 284 g/mol. The Hall–Kier alpha value is -1.54. The predicted molar refractivity (Wildman–Crippen MR) is 69.0 cm³/mol. The van der Waals surface area contributed by atoms with E-state index in [-0.39, 0.29) is 6.42 Å². The van der Waals surface area contributed by atoms with Gasteiger partial charge in [-0.15, -0.1) is 0 Å². The second-order valence-electron chi connectivity index (χ2n) is 3.66. The Kier molecular flexibility index (Phi) is 4.98. The molecule has 0 bridgehead atoms. The Labute approximate surface area is 109 Å². The smallest absolute Gasteiger partial charge is 0.303 e. The lowest BCUT2D eigenvalue weighted by Gasteiger charge is -2.20. The van der Waals surface area contributed by atoms with Crippen molar-refractivity contribution in [2.75, 3.05) is 18.5 Å². The fourth-order valence-electron chi connectivity index (χ4n) is 1.53. The number of aliphatic carboxylic acids is 1. The van der Waals surface area contributed by atoms with E-state index in [0.29, 0.717) is 18.5 Å². The molecular formula is C12H13BrN2O2. The summed E-state index contributed by atoms with van der Waals surface area (Å²) < 4.78 is 0.752. The van der Waals surface area contributed by atoms with Gasteiger partial charge in [-0.25, -0.2) is 0 Å². The van der Waals surface area contributed by atoms with E-state index >= 15 is 0 Å². The summed E-state index contributed by atoms with van der Waals surface area (Å²) in [5.74, 6) is -0.798. The van der Waals surface area contributed by atoms with Gasteiger partial charge in [0, 0.05) is 24.5 Å². The number of hydrogen-bond donors (Lipinski definition) is 1. The van der Waals surface area contributed by atoms with Gasteiger partial charge in [0.05, 0.1) is 11.3 Å². The highest BCUT2D eigenvalue weighted by Crippen LogP contribution is 2.26. The van der Waals surface area contributed by atoms with Crippen LogP contribution in [-0.2, 0) is 4.79 Å². The largest absolute Gasteiger partial charge is 0.481 e. The Balaban J connectivity index is 2.75. The molecule has 1 N–H and O–H groups in total. The fraction of sp³-hybridized carbons (Fsp3) is 0.333. The highest BCUT2D eigenvalue weighted by atomic mass is 79.9. The third-order valence-electron chi connectivity index (χ3n) is 2.40. The van der Waals surface area contributed by atoms with Gasteiger partial charge in [0.15, 0.2) is 0 Å². The van der Waals surface area contributed by atoms with Gasteiger partial charge in [0.1, 0.15) is 6.07 Å². The molecule has 0 aliphatic carbocycles. The maximum absolute atomic E-state index is 10.4. The van der Waals surface area contributed by atoms with Crippen LogP contribution >= 0.6 is 15.9 Å². The molecule has 0 saturated carbocycles. The highest BCUT2D eigenvalue weighted by Gasteiger charge is 2.10. The minimum Gasteiger partial charge on any atom is -0.481 e. The summed E-state index contributed by atoms with van der Waals surface area (Å²) >= 11 is 3.32. The zero-order chi connectivity index (χ0) is 12.8. The molecule has 90 valence electrons. The van der Waals surface area contributed by atoms with Gasteiger partial charge >= 0.3 is 5.97 Å². The number of carboxylic acids is 1. The third kappa shape index (κ3) is 3.75. The van der Waals surface area contributed by atoms with Crippen molar-refractivity contribution in [2.24, 2.45) is 0 Å². The molecule has 0 saturated heterocycles. The Bertz CT molecular complexity index is 454. The first kappa shape index (κ1) is 13.5. The van der Waals surface area contributed by atoms with Crippen molar-refractivity contribution < 1.29 is 9.90 Å². The summed E-state index contributed by atoms with van der Waals surface area (Å²) in [4.78, 5) is 12.3. The van der Waals surface area contributed by atoms with Gasteiger partial charge in [0.25, 0.3) is 0 Å². The Morgan fingerprint density at radius 3 is 2.88 bits per heavy atom. The average Bonchev–Trinajstić information content (AvgIpc) is 2.28. The molecule has 5 heteroatoms. The van der Waals surface area contributed by atoms with Crippen molar-refractivity contribution >= 4 is 27.6 Å². The molecule has 0 spiro atoms. The number of carboxylic acid groups (broad SMARTS) is 1. The second-order valence-corrected chi connectivity index (χ2v) is 4.52. The summed E-state index contributed by atoms with van der Waals surface area (Å²) in [7, 11) is 1.85. The number of rotatable bonds is 5. The Morgan fingerprint density at radius 2 is 2.29 bits per heavy atom. The quantitative estimate of drug-likeness (QED) is 0.907. The number of nitriles is 1. The van der Waals surface area contributed by atoms with E-state index in [0.717, 1.165) is 10.2 Å². The van der Waals surface area contributed by atoms with E-state index in [1.165, 1.54) is 0 Å². The van der Waals surface area contributed by atoms with Crippen LogP contribution < -0.4 is 4.90 Å². The van der Waals surface area contributed by atoms with Crippen molar-refractivity contribution in [3.8, 4) is 6.07 Å². The standard InChI is InChI=1S/C12H13BrN2O2/c1-15(7-3-6-12(16)17)11-5-2-4-10(13)9(11)8-14/h2,4-5H,3,6-7H2,1H3,(H,16,17). The number of hydrogen-bond acceptors (Lipinski definition) is 3. The zero-order valence-corrected chi connectivity index (χ0v) is 11.1. The number of halogens is 1.